The van der Waals surface area contributed by atoms with E-state index in [0.29, 0.717) is 11.7 Å². The topological polar surface area (TPSA) is 50.2 Å². The predicted molar refractivity (Wildman–Crippen MR) is 156 cm³/mol. The van der Waals surface area contributed by atoms with Crippen LogP contribution in [-0.2, 0) is 19.5 Å². The van der Waals surface area contributed by atoms with Gasteiger partial charge in [0, 0.05) is 49.9 Å². The third-order valence-corrected chi connectivity index (χ3v) is 7.51. The standard InChI is InChI=1S/C32H29ClN4O/c1-22-8-10-23(11-9-22)5-4-17-36-18-15-28-27(21-36)31-26-7-3-2-6-25(26)12-13-29(31)37(28)32(38)35-20-24-14-16-34-30(33)19-24/h2-14,16,19H,15,17-18,20-21H2,1H3,(H,35,38)/b5-4+. The van der Waals surface area contributed by atoms with Crippen molar-refractivity contribution in [3.63, 3.8) is 0 Å². The van der Waals surface area contributed by atoms with E-state index in [2.05, 4.69) is 94.9 Å². The van der Waals surface area contributed by atoms with E-state index in [9.17, 15) is 4.79 Å². The smallest absolute Gasteiger partial charge is 0.326 e. The van der Waals surface area contributed by atoms with Gasteiger partial charge in [-0.2, -0.15) is 0 Å². The second-order valence-corrected chi connectivity index (χ2v) is 10.3. The van der Waals surface area contributed by atoms with Gasteiger partial charge in [-0.1, -0.05) is 83.9 Å². The molecule has 38 heavy (non-hydrogen) atoms. The molecule has 0 spiro atoms. The Labute approximate surface area is 227 Å². The number of halogens is 1. The van der Waals surface area contributed by atoms with Crippen LogP contribution in [0.2, 0.25) is 5.15 Å². The molecule has 3 heterocycles. The van der Waals surface area contributed by atoms with Gasteiger partial charge in [0.25, 0.3) is 0 Å². The molecule has 5 aromatic rings. The number of aryl methyl sites for hydroxylation is 1. The van der Waals surface area contributed by atoms with Gasteiger partial charge in [-0.05, 0) is 52.6 Å². The Balaban J connectivity index is 1.32. The minimum atomic E-state index is -0.118. The monoisotopic (exact) mass is 520 g/mol. The Hall–Kier alpha value is -3.93. The Morgan fingerprint density at radius 2 is 1.92 bits per heavy atom. The summed E-state index contributed by atoms with van der Waals surface area (Å²) in [5.41, 5.74) is 6.69. The fraction of sp³-hybridized carbons (Fsp3) is 0.188. The molecule has 6 heteroatoms. The molecule has 0 fully saturated rings. The lowest BCUT2D eigenvalue weighted by Crippen LogP contribution is -2.34. The molecule has 0 bridgehead atoms. The highest BCUT2D eigenvalue weighted by atomic mass is 35.5. The van der Waals surface area contributed by atoms with E-state index >= 15 is 0 Å². The van der Waals surface area contributed by atoms with Gasteiger partial charge in [-0.3, -0.25) is 9.47 Å². The molecule has 6 rings (SSSR count). The minimum absolute atomic E-state index is 0.118. The number of carbonyl (C=O) groups excluding carboxylic acids is 1. The predicted octanol–water partition coefficient (Wildman–Crippen LogP) is 6.98. The van der Waals surface area contributed by atoms with Gasteiger partial charge in [0.05, 0.1) is 5.52 Å². The summed E-state index contributed by atoms with van der Waals surface area (Å²) in [5.74, 6) is 0. The summed E-state index contributed by atoms with van der Waals surface area (Å²) in [6, 6.07) is 24.7. The molecular weight excluding hydrogens is 492 g/mol. The maximum absolute atomic E-state index is 13.6. The van der Waals surface area contributed by atoms with Crippen molar-refractivity contribution >= 4 is 45.4 Å². The number of nitrogens with zero attached hydrogens (tertiary/aromatic N) is 3. The van der Waals surface area contributed by atoms with Crippen LogP contribution >= 0.6 is 11.6 Å². The SMILES string of the molecule is Cc1ccc(/C=C/CN2CCc3c(c4c5ccccc5ccc4n3C(=O)NCc3ccnc(Cl)c3)C2)cc1. The van der Waals surface area contributed by atoms with Crippen LogP contribution in [0.4, 0.5) is 4.79 Å². The van der Waals surface area contributed by atoms with Crippen LogP contribution < -0.4 is 5.32 Å². The fourth-order valence-corrected chi connectivity index (χ4v) is 5.60. The van der Waals surface area contributed by atoms with E-state index in [-0.39, 0.29) is 6.03 Å². The molecule has 0 aliphatic carbocycles. The van der Waals surface area contributed by atoms with Gasteiger partial charge >= 0.3 is 6.03 Å². The number of amides is 1. The average Bonchev–Trinajstić information content (AvgIpc) is 3.27. The molecule has 5 nitrogen and oxygen atoms in total. The number of rotatable bonds is 5. The number of nitrogens with one attached hydrogen (secondary N) is 1. The molecule has 0 unspecified atom stereocenters. The van der Waals surface area contributed by atoms with Crippen molar-refractivity contribution in [2.45, 2.75) is 26.4 Å². The van der Waals surface area contributed by atoms with Crippen molar-refractivity contribution in [3.8, 4) is 0 Å². The number of aromatic nitrogens is 2. The molecule has 1 amide bonds. The van der Waals surface area contributed by atoms with Gasteiger partial charge in [-0.25, -0.2) is 9.78 Å². The van der Waals surface area contributed by atoms with Crippen LogP contribution in [0, 0.1) is 6.92 Å². The summed E-state index contributed by atoms with van der Waals surface area (Å²) < 4.78 is 1.89. The van der Waals surface area contributed by atoms with Crippen molar-refractivity contribution in [1.29, 1.82) is 0 Å². The van der Waals surface area contributed by atoms with Crippen LogP contribution in [-0.4, -0.2) is 33.6 Å². The van der Waals surface area contributed by atoms with E-state index in [1.54, 1.807) is 12.3 Å². The molecule has 1 aliphatic heterocycles. The Morgan fingerprint density at radius 1 is 1.08 bits per heavy atom. The van der Waals surface area contributed by atoms with E-state index in [4.69, 9.17) is 11.6 Å². The minimum Gasteiger partial charge on any atom is -0.333 e. The lowest BCUT2D eigenvalue weighted by Gasteiger charge is -2.27. The summed E-state index contributed by atoms with van der Waals surface area (Å²) in [6.07, 6.45) is 6.89. The van der Waals surface area contributed by atoms with Crippen molar-refractivity contribution < 1.29 is 4.79 Å². The fourth-order valence-electron chi connectivity index (χ4n) is 5.40. The first-order valence-electron chi connectivity index (χ1n) is 12.9. The molecule has 0 saturated heterocycles. The maximum atomic E-state index is 13.6. The molecule has 0 radical (unpaired) electrons. The molecule has 0 atom stereocenters. The van der Waals surface area contributed by atoms with Crippen molar-refractivity contribution in [2.24, 2.45) is 0 Å². The lowest BCUT2D eigenvalue weighted by molar-refractivity contribution is 0.240. The van der Waals surface area contributed by atoms with E-state index in [0.717, 1.165) is 42.8 Å². The maximum Gasteiger partial charge on any atom is 0.326 e. The van der Waals surface area contributed by atoms with Gasteiger partial charge in [0.1, 0.15) is 5.15 Å². The molecule has 2 aromatic heterocycles. The number of fused-ring (bicyclic) bond motifs is 5. The average molecular weight is 521 g/mol. The Bertz CT molecular complexity index is 1670. The largest absolute Gasteiger partial charge is 0.333 e. The van der Waals surface area contributed by atoms with Crippen LogP contribution in [0.5, 0.6) is 0 Å². The van der Waals surface area contributed by atoms with Crippen molar-refractivity contribution in [1.82, 2.24) is 19.8 Å². The first-order chi connectivity index (χ1) is 18.6. The van der Waals surface area contributed by atoms with Gasteiger partial charge in [0.15, 0.2) is 0 Å². The van der Waals surface area contributed by atoms with Crippen molar-refractivity contribution in [3.05, 3.63) is 118 Å². The molecule has 0 saturated carbocycles. The van der Waals surface area contributed by atoms with E-state index in [1.165, 1.54) is 32.8 Å². The van der Waals surface area contributed by atoms with E-state index < -0.39 is 0 Å². The van der Waals surface area contributed by atoms with Crippen molar-refractivity contribution in [2.75, 3.05) is 13.1 Å². The third-order valence-electron chi connectivity index (χ3n) is 7.30. The number of hydrogen-bond acceptors (Lipinski definition) is 3. The zero-order valence-electron chi connectivity index (χ0n) is 21.3. The third kappa shape index (κ3) is 4.83. The number of pyridine rings is 1. The Kier molecular flexibility index (Phi) is 6.71. The van der Waals surface area contributed by atoms with Crippen LogP contribution in [0.3, 0.4) is 0 Å². The molecule has 190 valence electrons. The second kappa shape index (κ2) is 10.4. The molecule has 3 aromatic carbocycles. The van der Waals surface area contributed by atoms with Gasteiger partial charge in [-0.15, -0.1) is 0 Å². The normalized spacial score (nSPS) is 13.8. The van der Waals surface area contributed by atoms with Gasteiger partial charge < -0.3 is 5.32 Å². The highest BCUT2D eigenvalue weighted by molar-refractivity contribution is 6.29. The lowest BCUT2D eigenvalue weighted by atomic mass is 9.99. The molecule has 1 aliphatic rings. The first-order valence-corrected chi connectivity index (χ1v) is 13.3. The highest BCUT2D eigenvalue weighted by Crippen LogP contribution is 2.36. The van der Waals surface area contributed by atoms with Gasteiger partial charge in [0.2, 0.25) is 0 Å². The summed E-state index contributed by atoms with van der Waals surface area (Å²) in [5, 5.41) is 7.06. The zero-order valence-corrected chi connectivity index (χ0v) is 22.1. The first kappa shape index (κ1) is 24.4. The second-order valence-electron chi connectivity index (χ2n) is 9.89. The summed E-state index contributed by atoms with van der Waals surface area (Å²) in [6.45, 7) is 5.05. The number of hydrogen-bond donors (Lipinski definition) is 1. The molecule has 1 N–H and O–H groups in total. The van der Waals surface area contributed by atoms with E-state index in [1.807, 2.05) is 10.6 Å². The van der Waals surface area contributed by atoms with Crippen LogP contribution in [0.25, 0.3) is 27.8 Å². The molecular formula is C32H29ClN4O. The Morgan fingerprint density at radius 3 is 2.76 bits per heavy atom. The highest BCUT2D eigenvalue weighted by Gasteiger charge is 2.27. The number of carbonyl (C=O) groups is 1. The summed E-state index contributed by atoms with van der Waals surface area (Å²) in [7, 11) is 0. The quantitative estimate of drug-likeness (QED) is 0.254. The van der Waals surface area contributed by atoms with Crippen LogP contribution in [0.1, 0.15) is 27.9 Å². The summed E-state index contributed by atoms with van der Waals surface area (Å²) >= 11 is 6.04. The number of benzene rings is 3. The zero-order chi connectivity index (χ0) is 26.1. The van der Waals surface area contributed by atoms with Crippen LogP contribution in [0.15, 0.2) is 85.1 Å². The summed E-state index contributed by atoms with van der Waals surface area (Å²) in [4.78, 5) is 20.1.